The molecule has 0 saturated carbocycles. The van der Waals surface area contributed by atoms with Crippen LogP contribution >= 0.6 is 0 Å². The van der Waals surface area contributed by atoms with Gasteiger partial charge in [0, 0.05) is 13.1 Å². The van der Waals surface area contributed by atoms with Gasteiger partial charge in [-0.1, -0.05) is 0 Å². The van der Waals surface area contributed by atoms with Crippen molar-refractivity contribution in [3.63, 3.8) is 0 Å². The fourth-order valence-corrected chi connectivity index (χ4v) is 2.38. The number of hydrogen-bond donors (Lipinski definition) is 1. The van der Waals surface area contributed by atoms with E-state index in [1.807, 2.05) is 7.05 Å². The predicted molar refractivity (Wildman–Crippen MR) is 70.9 cm³/mol. The Morgan fingerprint density at radius 1 is 1.48 bits per heavy atom. The fraction of sp³-hybridized carbons (Fsp3) is 0.462. The molecule has 0 radical (unpaired) electrons. The van der Waals surface area contributed by atoms with Gasteiger partial charge in [-0.15, -0.1) is 0 Å². The first-order chi connectivity index (χ1) is 9.88. The zero-order valence-electron chi connectivity index (χ0n) is 11.4. The number of nitrogens with zero attached hydrogens (tertiary/aromatic N) is 2. The van der Waals surface area contributed by atoms with E-state index >= 15 is 0 Å². The molecule has 2 rings (SSSR count). The molecule has 21 heavy (non-hydrogen) atoms. The molecule has 1 amide bonds. The zero-order valence-corrected chi connectivity index (χ0v) is 11.4. The van der Waals surface area contributed by atoms with E-state index in [1.165, 1.54) is 0 Å². The van der Waals surface area contributed by atoms with Crippen LogP contribution in [0.4, 0.5) is 14.5 Å². The van der Waals surface area contributed by atoms with Crippen LogP contribution in [0.15, 0.2) is 12.1 Å². The molecule has 114 valence electrons. The van der Waals surface area contributed by atoms with Crippen molar-refractivity contribution in [2.75, 3.05) is 26.7 Å². The lowest BCUT2D eigenvalue weighted by molar-refractivity contribution is -0.387. The van der Waals surface area contributed by atoms with Crippen LogP contribution in [0.25, 0.3) is 0 Å². The van der Waals surface area contributed by atoms with Gasteiger partial charge in [0.2, 0.25) is 5.82 Å². The highest BCUT2D eigenvalue weighted by Crippen LogP contribution is 2.21. The lowest BCUT2D eigenvalue weighted by Crippen LogP contribution is -2.31. The molecule has 1 saturated heterocycles. The van der Waals surface area contributed by atoms with E-state index in [-0.39, 0.29) is 5.92 Å². The fourth-order valence-electron chi connectivity index (χ4n) is 2.38. The van der Waals surface area contributed by atoms with Crippen LogP contribution in [0.2, 0.25) is 0 Å². The predicted octanol–water partition coefficient (Wildman–Crippen LogP) is 1.55. The van der Waals surface area contributed by atoms with E-state index in [2.05, 4.69) is 10.2 Å². The Bertz CT molecular complexity index is 580. The summed E-state index contributed by atoms with van der Waals surface area (Å²) < 4.78 is 27.1. The summed E-state index contributed by atoms with van der Waals surface area (Å²) in [6.45, 7) is 2.12. The van der Waals surface area contributed by atoms with Crippen molar-refractivity contribution in [3.05, 3.63) is 39.4 Å². The molecule has 1 aliphatic rings. The zero-order chi connectivity index (χ0) is 15.6. The second-order valence-electron chi connectivity index (χ2n) is 5.17. The first-order valence-corrected chi connectivity index (χ1v) is 6.48. The maximum Gasteiger partial charge on any atom is 0.307 e. The molecule has 1 aromatic rings. The van der Waals surface area contributed by atoms with Crippen molar-refractivity contribution in [1.29, 1.82) is 0 Å². The summed E-state index contributed by atoms with van der Waals surface area (Å²) in [5.74, 6) is -2.84. The molecule has 1 aliphatic heterocycles. The molecule has 1 aromatic carbocycles. The molecular formula is C13H15F2N3O3. The number of likely N-dealkylation sites (tertiary alicyclic amines) is 1. The number of nitro benzene ring substituents is 1. The number of rotatable bonds is 4. The quantitative estimate of drug-likeness (QED) is 0.676. The summed E-state index contributed by atoms with van der Waals surface area (Å²) in [7, 11) is 1.97. The number of carbonyl (C=O) groups excluding carboxylic acids is 1. The van der Waals surface area contributed by atoms with Crippen molar-refractivity contribution in [2.24, 2.45) is 5.92 Å². The number of hydrogen-bond acceptors (Lipinski definition) is 4. The van der Waals surface area contributed by atoms with Crippen molar-refractivity contribution in [3.8, 4) is 0 Å². The van der Waals surface area contributed by atoms with Crippen molar-refractivity contribution >= 4 is 11.6 Å². The van der Waals surface area contributed by atoms with E-state index in [1.54, 1.807) is 0 Å². The third-order valence-corrected chi connectivity index (χ3v) is 3.52. The lowest BCUT2D eigenvalue weighted by atomic mass is 10.1. The van der Waals surface area contributed by atoms with Gasteiger partial charge in [-0.3, -0.25) is 14.9 Å². The molecule has 1 fully saturated rings. The van der Waals surface area contributed by atoms with Crippen LogP contribution < -0.4 is 5.32 Å². The highest BCUT2D eigenvalue weighted by Gasteiger charge is 2.24. The van der Waals surface area contributed by atoms with Crippen LogP contribution in [0, 0.1) is 27.7 Å². The van der Waals surface area contributed by atoms with Gasteiger partial charge in [-0.05, 0) is 32.0 Å². The van der Waals surface area contributed by atoms with E-state index < -0.39 is 33.7 Å². The molecule has 0 spiro atoms. The minimum absolute atomic E-state index is 0.268. The number of amides is 1. The second-order valence-corrected chi connectivity index (χ2v) is 5.17. The third kappa shape index (κ3) is 3.52. The van der Waals surface area contributed by atoms with Crippen molar-refractivity contribution < 1.29 is 18.5 Å². The molecule has 6 nitrogen and oxygen atoms in total. The molecule has 1 heterocycles. The van der Waals surface area contributed by atoms with E-state index in [0.29, 0.717) is 18.7 Å². The number of halogens is 2. The first kappa shape index (κ1) is 15.3. The minimum atomic E-state index is -1.23. The average molecular weight is 299 g/mol. The Balaban J connectivity index is 2.05. The van der Waals surface area contributed by atoms with Crippen LogP contribution in [0.3, 0.4) is 0 Å². The van der Waals surface area contributed by atoms with Gasteiger partial charge in [0.25, 0.3) is 5.91 Å². The van der Waals surface area contributed by atoms with Gasteiger partial charge in [0.1, 0.15) is 5.82 Å². The molecule has 1 unspecified atom stereocenters. The summed E-state index contributed by atoms with van der Waals surface area (Å²) in [5, 5.41) is 13.0. The van der Waals surface area contributed by atoms with Crippen LogP contribution in [-0.4, -0.2) is 42.4 Å². The van der Waals surface area contributed by atoms with E-state index in [0.717, 1.165) is 19.5 Å². The maximum absolute atomic E-state index is 13.7. The average Bonchev–Trinajstić information content (AvgIpc) is 2.83. The van der Waals surface area contributed by atoms with Crippen LogP contribution in [0.1, 0.15) is 16.8 Å². The summed E-state index contributed by atoms with van der Waals surface area (Å²) in [4.78, 5) is 23.4. The topological polar surface area (TPSA) is 75.5 Å². The standard InChI is InChI=1S/C13H15F2N3O3/c1-17-3-2-8(7-17)6-16-13(19)9-4-11(15)12(18(20)21)5-10(9)14/h4-5,8H,2-3,6-7H2,1H3,(H,16,19). The summed E-state index contributed by atoms with van der Waals surface area (Å²) >= 11 is 0. The Kier molecular flexibility index (Phi) is 4.46. The molecule has 0 bridgehead atoms. The SMILES string of the molecule is CN1CCC(CNC(=O)c2cc(F)c([N+](=O)[O-])cc2F)C1. The number of benzene rings is 1. The van der Waals surface area contributed by atoms with Gasteiger partial charge in [0.05, 0.1) is 16.6 Å². The molecule has 8 heteroatoms. The second kappa shape index (κ2) is 6.13. The Morgan fingerprint density at radius 2 is 2.19 bits per heavy atom. The molecule has 1 atom stereocenters. The number of nitrogens with one attached hydrogen (secondary N) is 1. The van der Waals surface area contributed by atoms with Gasteiger partial charge in [-0.2, -0.15) is 4.39 Å². The Morgan fingerprint density at radius 3 is 2.76 bits per heavy atom. The Hall–Kier alpha value is -2.09. The van der Waals surface area contributed by atoms with Gasteiger partial charge < -0.3 is 10.2 Å². The van der Waals surface area contributed by atoms with Crippen molar-refractivity contribution in [2.45, 2.75) is 6.42 Å². The van der Waals surface area contributed by atoms with Crippen LogP contribution in [-0.2, 0) is 0 Å². The summed E-state index contributed by atoms with van der Waals surface area (Å²) in [6, 6.07) is 0.983. The first-order valence-electron chi connectivity index (χ1n) is 6.48. The van der Waals surface area contributed by atoms with Crippen molar-refractivity contribution in [1.82, 2.24) is 10.2 Å². The Labute approximate surface area is 119 Å². The van der Waals surface area contributed by atoms with Crippen LogP contribution in [0.5, 0.6) is 0 Å². The van der Waals surface area contributed by atoms with E-state index in [4.69, 9.17) is 0 Å². The highest BCUT2D eigenvalue weighted by molar-refractivity contribution is 5.94. The molecule has 0 aromatic heterocycles. The van der Waals surface area contributed by atoms with Gasteiger partial charge in [-0.25, -0.2) is 4.39 Å². The monoisotopic (exact) mass is 299 g/mol. The normalized spacial score (nSPS) is 18.7. The van der Waals surface area contributed by atoms with Gasteiger partial charge >= 0.3 is 5.69 Å². The molecule has 0 aliphatic carbocycles. The minimum Gasteiger partial charge on any atom is -0.352 e. The highest BCUT2D eigenvalue weighted by atomic mass is 19.1. The summed E-state index contributed by atoms with van der Waals surface area (Å²) in [5.41, 5.74) is -1.51. The van der Waals surface area contributed by atoms with Gasteiger partial charge in [0.15, 0.2) is 0 Å². The molecular weight excluding hydrogens is 284 g/mol. The number of carbonyl (C=O) groups is 1. The molecule has 1 N–H and O–H groups in total. The largest absolute Gasteiger partial charge is 0.352 e. The number of nitro groups is 1. The third-order valence-electron chi connectivity index (χ3n) is 3.52. The summed E-state index contributed by atoms with van der Waals surface area (Å²) in [6.07, 6.45) is 0.924. The van der Waals surface area contributed by atoms with E-state index in [9.17, 15) is 23.7 Å². The maximum atomic E-state index is 13.7. The smallest absolute Gasteiger partial charge is 0.307 e. The lowest BCUT2D eigenvalue weighted by Gasteiger charge is -2.12.